The number of hydrogen-bond acceptors (Lipinski definition) is 1. The number of anilines is 3. The molecule has 0 aliphatic rings. The lowest BCUT2D eigenvalue weighted by atomic mass is 9.97. The van der Waals surface area contributed by atoms with Crippen LogP contribution in [0.4, 0.5) is 17.1 Å². The summed E-state index contributed by atoms with van der Waals surface area (Å²) in [5, 5.41) is 2.61. The number of hydrogen-bond donors (Lipinski definition) is 0. The molecule has 0 atom stereocenters. The van der Waals surface area contributed by atoms with Crippen LogP contribution in [0.25, 0.3) is 55.2 Å². The molecule has 0 fully saturated rings. The van der Waals surface area contributed by atoms with Crippen molar-refractivity contribution in [1.29, 1.82) is 0 Å². The van der Waals surface area contributed by atoms with E-state index in [2.05, 4.69) is 192 Å². The zero-order valence-electron chi connectivity index (χ0n) is 25.1. The third-order valence-electron chi connectivity index (χ3n) is 8.84. The lowest BCUT2D eigenvalue weighted by molar-refractivity contribution is 1.01. The highest BCUT2D eigenvalue weighted by Gasteiger charge is 2.15. The van der Waals surface area contributed by atoms with E-state index in [1.807, 2.05) is 0 Å². The van der Waals surface area contributed by atoms with E-state index in [0.29, 0.717) is 0 Å². The number of aromatic nitrogens is 1. The third kappa shape index (κ3) is 4.87. The first-order valence-electron chi connectivity index (χ1n) is 15.4. The van der Waals surface area contributed by atoms with Crippen molar-refractivity contribution < 1.29 is 0 Å². The summed E-state index contributed by atoms with van der Waals surface area (Å²) in [5.41, 5.74) is 13.2. The van der Waals surface area contributed by atoms with Gasteiger partial charge in [-0.2, -0.15) is 0 Å². The molecule has 214 valence electrons. The molecule has 0 unspecified atom stereocenters. The van der Waals surface area contributed by atoms with Crippen LogP contribution in [-0.2, 0) is 7.05 Å². The average molecular weight is 577 g/mol. The highest BCUT2D eigenvalue weighted by molar-refractivity contribution is 6.14. The monoisotopic (exact) mass is 576 g/mol. The SMILES string of the molecule is Cn1c2ccccc2c2c(-c3ccc(-c4ccc(N(c5ccccc5)c5ccc(-c6ccccc6)cc5)cc4)cc3)cccc21. The molecule has 0 N–H and O–H groups in total. The lowest BCUT2D eigenvalue weighted by Crippen LogP contribution is -2.09. The van der Waals surface area contributed by atoms with Crippen molar-refractivity contribution in [3.8, 4) is 33.4 Å². The van der Waals surface area contributed by atoms with Crippen LogP contribution >= 0.6 is 0 Å². The predicted octanol–water partition coefficient (Wildman–Crippen LogP) is 11.8. The van der Waals surface area contributed by atoms with Gasteiger partial charge in [0.1, 0.15) is 0 Å². The van der Waals surface area contributed by atoms with Crippen LogP contribution in [0.3, 0.4) is 0 Å². The van der Waals surface area contributed by atoms with Crippen LogP contribution in [0.15, 0.2) is 176 Å². The normalized spacial score (nSPS) is 11.2. The second kappa shape index (κ2) is 11.3. The van der Waals surface area contributed by atoms with Gasteiger partial charge < -0.3 is 9.47 Å². The van der Waals surface area contributed by atoms with Gasteiger partial charge in [-0.1, -0.05) is 127 Å². The van der Waals surface area contributed by atoms with E-state index in [1.54, 1.807) is 0 Å². The Balaban J connectivity index is 1.11. The fourth-order valence-corrected chi connectivity index (χ4v) is 6.55. The Morgan fingerprint density at radius 2 is 0.800 bits per heavy atom. The summed E-state index contributed by atoms with van der Waals surface area (Å²) in [4.78, 5) is 2.31. The minimum Gasteiger partial charge on any atom is -0.344 e. The summed E-state index contributed by atoms with van der Waals surface area (Å²) in [6.45, 7) is 0. The number of benzene rings is 7. The number of fused-ring (bicyclic) bond motifs is 3. The standard InChI is InChI=1S/C43H32N2/c1-44-41-17-9-8-15-40(41)43-39(16-10-18-42(43)44)35-21-19-32(20-22-35)34-25-29-38(30-26-34)45(36-13-6-3-7-14-36)37-27-23-33(24-28-37)31-11-4-2-5-12-31/h2-30H,1H3. The van der Waals surface area contributed by atoms with E-state index in [1.165, 1.54) is 55.2 Å². The van der Waals surface area contributed by atoms with Gasteiger partial charge in [-0.25, -0.2) is 0 Å². The van der Waals surface area contributed by atoms with Crippen LogP contribution in [-0.4, -0.2) is 4.57 Å². The molecule has 0 aliphatic heterocycles. The van der Waals surface area contributed by atoms with Gasteiger partial charge in [-0.05, 0) is 81.9 Å². The third-order valence-corrected chi connectivity index (χ3v) is 8.84. The van der Waals surface area contributed by atoms with Crippen LogP contribution in [0.5, 0.6) is 0 Å². The summed E-state index contributed by atoms with van der Waals surface area (Å²) in [6.07, 6.45) is 0. The van der Waals surface area contributed by atoms with E-state index in [4.69, 9.17) is 0 Å². The van der Waals surface area contributed by atoms with Gasteiger partial charge in [0.25, 0.3) is 0 Å². The van der Waals surface area contributed by atoms with E-state index >= 15 is 0 Å². The Morgan fingerprint density at radius 3 is 1.42 bits per heavy atom. The van der Waals surface area contributed by atoms with E-state index in [0.717, 1.165) is 17.1 Å². The molecule has 2 heteroatoms. The fourth-order valence-electron chi connectivity index (χ4n) is 6.55. The maximum absolute atomic E-state index is 2.31. The molecular formula is C43H32N2. The molecule has 7 aromatic carbocycles. The minimum atomic E-state index is 1.12. The van der Waals surface area contributed by atoms with Crippen LogP contribution in [0.1, 0.15) is 0 Å². The van der Waals surface area contributed by atoms with Crippen LogP contribution in [0, 0.1) is 0 Å². The lowest BCUT2D eigenvalue weighted by Gasteiger charge is -2.26. The van der Waals surface area contributed by atoms with Crippen molar-refractivity contribution in [2.24, 2.45) is 7.05 Å². The van der Waals surface area contributed by atoms with Gasteiger partial charge in [0.15, 0.2) is 0 Å². The Kier molecular flexibility index (Phi) is 6.73. The Hall–Kier alpha value is -5.86. The second-order valence-corrected chi connectivity index (χ2v) is 11.5. The molecule has 0 bridgehead atoms. The molecular weight excluding hydrogens is 544 g/mol. The molecule has 1 aromatic heterocycles. The molecule has 2 nitrogen and oxygen atoms in total. The first-order chi connectivity index (χ1) is 22.2. The summed E-state index contributed by atoms with van der Waals surface area (Å²) >= 11 is 0. The molecule has 8 aromatic rings. The smallest absolute Gasteiger partial charge is 0.0495 e. The fraction of sp³-hybridized carbons (Fsp3) is 0.0233. The van der Waals surface area contributed by atoms with Crippen LogP contribution in [0.2, 0.25) is 0 Å². The predicted molar refractivity (Wildman–Crippen MR) is 191 cm³/mol. The van der Waals surface area contributed by atoms with Gasteiger partial charge in [0.2, 0.25) is 0 Å². The Morgan fingerprint density at radius 1 is 0.356 bits per heavy atom. The highest BCUT2D eigenvalue weighted by atomic mass is 15.1. The van der Waals surface area contributed by atoms with E-state index < -0.39 is 0 Å². The molecule has 45 heavy (non-hydrogen) atoms. The van der Waals surface area contributed by atoms with Gasteiger partial charge in [0, 0.05) is 45.9 Å². The maximum Gasteiger partial charge on any atom is 0.0495 e. The van der Waals surface area contributed by atoms with Crippen molar-refractivity contribution in [3.05, 3.63) is 176 Å². The number of rotatable bonds is 6. The highest BCUT2D eigenvalue weighted by Crippen LogP contribution is 2.38. The summed E-state index contributed by atoms with van der Waals surface area (Å²) in [7, 11) is 2.15. The maximum atomic E-state index is 2.31. The first kappa shape index (κ1) is 26.7. The Labute approximate surface area is 264 Å². The zero-order chi connectivity index (χ0) is 30.2. The molecule has 8 rings (SSSR count). The van der Waals surface area contributed by atoms with Gasteiger partial charge in [-0.3, -0.25) is 0 Å². The van der Waals surface area contributed by atoms with Crippen LogP contribution < -0.4 is 4.90 Å². The first-order valence-corrected chi connectivity index (χ1v) is 15.4. The second-order valence-electron chi connectivity index (χ2n) is 11.5. The van der Waals surface area contributed by atoms with Crippen molar-refractivity contribution in [2.45, 2.75) is 0 Å². The van der Waals surface area contributed by atoms with Crippen molar-refractivity contribution >= 4 is 38.9 Å². The Bertz CT molecular complexity index is 2230. The number of nitrogens with zero attached hydrogens (tertiary/aromatic N) is 2. The number of aryl methyl sites for hydroxylation is 1. The molecule has 0 saturated heterocycles. The molecule has 0 radical (unpaired) electrons. The average Bonchev–Trinajstić information content (AvgIpc) is 3.42. The molecule has 1 heterocycles. The minimum absolute atomic E-state index is 1.12. The molecule has 0 amide bonds. The van der Waals surface area contributed by atoms with Crippen molar-refractivity contribution in [1.82, 2.24) is 4.57 Å². The molecule has 0 spiro atoms. The summed E-state index contributed by atoms with van der Waals surface area (Å²) in [5.74, 6) is 0. The largest absolute Gasteiger partial charge is 0.344 e. The van der Waals surface area contributed by atoms with Crippen molar-refractivity contribution in [2.75, 3.05) is 4.90 Å². The van der Waals surface area contributed by atoms with Gasteiger partial charge in [-0.15, -0.1) is 0 Å². The van der Waals surface area contributed by atoms with Gasteiger partial charge >= 0.3 is 0 Å². The topological polar surface area (TPSA) is 8.17 Å². The zero-order valence-corrected chi connectivity index (χ0v) is 25.1. The van der Waals surface area contributed by atoms with E-state index in [-0.39, 0.29) is 0 Å². The number of para-hydroxylation sites is 2. The van der Waals surface area contributed by atoms with Gasteiger partial charge in [0.05, 0.1) is 0 Å². The quantitative estimate of drug-likeness (QED) is 0.191. The van der Waals surface area contributed by atoms with Crippen molar-refractivity contribution in [3.63, 3.8) is 0 Å². The molecule has 0 aliphatic carbocycles. The summed E-state index contributed by atoms with van der Waals surface area (Å²) in [6, 6.07) is 63.1. The molecule has 0 saturated carbocycles. The summed E-state index contributed by atoms with van der Waals surface area (Å²) < 4.78 is 2.29. The van der Waals surface area contributed by atoms with E-state index in [9.17, 15) is 0 Å².